The molecule has 1 amide bonds. The molecule has 0 aliphatic carbocycles. The molecular weight excluding hydrogens is 306 g/mol. The maximum atomic E-state index is 12.3. The fraction of sp³-hybridized carbons (Fsp3) is 0.500. The van der Waals surface area contributed by atoms with E-state index in [1.165, 1.54) is 0 Å². The van der Waals surface area contributed by atoms with Crippen molar-refractivity contribution in [2.24, 2.45) is 0 Å². The summed E-state index contributed by atoms with van der Waals surface area (Å²) in [6.07, 6.45) is 1.44. The molecule has 1 aliphatic heterocycles. The maximum Gasteiger partial charge on any atom is 0.410 e. The molecule has 2 heterocycles. The minimum atomic E-state index is -0.514. The Bertz CT molecular complexity index is 807. The van der Waals surface area contributed by atoms with E-state index in [2.05, 4.69) is 9.97 Å². The number of hydrogen-bond acceptors (Lipinski definition) is 4. The molecule has 128 valence electrons. The summed E-state index contributed by atoms with van der Waals surface area (Å²) in [6.45, 7) is 6.75. The number of aromatic nitrogens is 2. The van der Waals surface area contributed by atoms with Gasteiger partial charge in [0, 0.05) is 19.0 Å². The highest BCUT2D eigenvalue weighted by atomic mass is 16.6. The quantitative estimate of drug-likeness (QED) is 0.872. The van der Waals surface area contributed by atoms with Gasteiger partial charge in [0.15, 0.2) is 0 Å². The van der Waals surface area contributed by atoms with Crippen LogP contribution in [0.1, 0.15) is 45.4 Å². The van der Waals surface area contributed by atoms with Crippen molar-refractivity contribution in [2.75, 3.05) is 13.1 Å². The fourth-order valence-corrected chi connectivity index (χ4v) is 2.99. The second-order valence-electron chi connectivity index (χ2n) is 7.23. The van der Waals surface area contributed by atoms with Crippen LogP contribution < -0.4 is 5.56 Å². The Hall–Kier alpha value is -2.37. The number of carbonyl (C=O) groups excluding carboxylic acids is 1. The normalized spacial score (nSPS) is 18.6. The van der Waals surface area contributed by atoms with Crippen LogP contribution in [0.4, 0.5) is 4.79 Å². The minimum absolute atomic E-state index is 0.0172. The molecule has 1 N–H and O–H groups in total. The van der Waals surface area contributed by atoms with Crippen LogP contribution in [0.25, 0.3) is 10.9 Å². The molecule has 24 heavy (non-hydrogen) atoms. The molecular formula is C18H23N3O3. The zero-order chi connectivity index (χ0) is 17.3. The lowest BCUT2D eigenvalue weighted by Gasteiger charge is -2.33. The van der Waals surface area contributed by atoms with Crippen LogP contribution in [0.15, 0.2) is 29.1 Å². The molecule has 1 aromatic carbocycles. The smallest absolute Gasteiger partial charge is 0.410 e. The molecule has 0 bridgehead atoms. The van der Waals surface area contributed by atoms with Gasteiger partial charge in [-0.3, -0.25) is 4.79 Å². The first-order valence-electron chi connectivity index (χ1n) is 8.30. The van der Waals surface area contributed by atoms with Gasteiger partial charge in [-0.15, -0.1) is 0 Å². The van der Waals surface area contributed by atoms with Crippen LogP contribution in [0.2, 0.25) is 0 Å². The predicted octanol–water partition coefficient (Wildman–Crippen LogP) is 3.04. The van der Waals surface area contributed by atoms with Crippen molar-refractivity contribution in [2.45, 2.75) is 45.1 Å². The number of benzene rings is 1. The molecule has 1 aromatic heterocycles. The number of H-pyrrole nitrogens is 1. The largest absolute Gasteiger partial charge is 0.444 e. The summed E-state index contributed by atoms with van der Waals surface area (Å²) in [5, 5.41) is 0.584. The molecule has 1 saturated heterocycles. The van der Waals surface area contributed by atoms with Crippen LogP contribution in [-0.2, 0) is 4.74 Å². The number of likely N-dealkylation sites (tertiary alicyclic amines) is 1. The number of aromatic amines is 1. The van der Waals surface area contributed by atoms with E-state index in [0.717, 1.165) is 12.8 Å². The van der Waals surface area contributed by atoms with Crippen LogP contribution in [0, 0.1) is 0 Å². The first-order valence-corrected chi connectivity index (χ1v) is 8.30. The number of amides is 1. The zero-order valence-corrected chi connectivity index (χ0v) is 14.3. The number of hydrogen-bond donors (Lipinski definition) is 1. The third-order valence-electron chi connectivity index (χ3n) is 4.09. The number of carbonyl (C=O) groups is 1. The third-order valence-corrected chi connectivity index (χ3v) is 4.09. The number of rotatable bonds is 1. The van der Waals surface area contributed by atoms with Gasteiger partial charge < -0.3 is 14.6 Å². The van der Waals surface area contributed by atoms with E-state index in [9.17, 15) is 9.59 Å². The molecule has 2 aromatic rings. The van der Waals surface area contributed by atoms with E-state index in [4.69, 9.17) is 4.74 Å². The predicted molar refractivity (Wildman–Crippen MR) is 92.1 cm³/mol. The SMILES string of the molecule is CC(C)(C)OC(=O)N1CCCC(c2nc3ccccc3c(=O)[nH]2)C1. The van der Waals surface area contributed by atoms with Crippen molar-refractivity contribution < 1.29 is 9.53 Å². The number of nitrogens with zero attached hydrogens (tertiary/aromatic N) is 2. The van der Waals surface area contributed by atoms with E-state index in [0.29, 0.717) is 29.8 Å². The van der Waals surface area contributed by atoms with Crippen LogP contribution in [-0.4, -0.2) is 39.7 Å². The second-order valence-corrected chi connectivity index (χ2v) is 7.23. The molecule has 6 nitrogen and oxygen atoms in total. The summed E-state index contributed by atoms with van der Waals surface area (Å²) in [4.78, 5) is 33.7. The van der Waals surface area contributed by atoms with E-state index in [1.807, 2.05) is 39.0 Å². The van der Waals surface area contributed by atoms with E-state index >= 15 is 0 Å². The van der Waals surface area contributed by atoms with Crippen molar-refractivity contribution in [3.63, 3.8) is 0 Å². The first kappa shape index (κ1) is 16.5. The number of piperidine rings is 1. The van der Waals surface area contributed by atoms with Crippen LogP contribution >= 0.6 is 0 Å². The van der Waals surface area contributed by atoms with Crippen molar-refractivity contribution >= 4 is 17.0 Å². The lowest BCUT2D eigenvalue weighted by Crippen LogP contribution is -2.42. The summed E-state index contributed by atoms with van der Waals surface area (Å²) >= 11 is 0. The second kappa shape index (κ2) is 6.26. The highest BCUT2D eigenvalue weighted by molar-refractivity contribution is 5.77. The zero-order valence-electron chi connectivity index (χ0n) is 14.3. The Kier molecular flexibility index (Phi) is 4.30. The summed E-state index contributed by atoms with van der Waals surface area (Å²) in [5.41, 5.74) is 0.0372. The molecule has 0 spiro atoms. The molecule has 1 atom stereocenters. The Balaban J connectivity index is 1.82. The molecule has 1 fully saturated rings. The van der Waals surface area contributed by atoms with Crippen LogP contribution in [0.3, 0.4) is 0 Å². The van der Waals surface area contributed by atoms with Gasteiger partial charge in [0.2, 0.25) is 0 Å². The lowest BCUT2D eigenvalue weighted by molar-refractivity contribution is 0.0196. The summed E-state index contributed by atoms with van der Waals surface area (Å²) in [6, 6.07) is 7.29. The average Bonchev–Trinajstić information content (AvgIpc) is 2.53. The van der Waals surface area contributed by atoms with Gasteiger partial charge in [-0.2, -0.15) is 0 Å². The van der Waals surface area contributed by atoms with E-state index < -0.39 is 5.60 Å². The minimum Gasteiger partial charge on any atom is -0.444 e. The van der Waals surface area contributed by atoms with E-state index in [1.54, 1.807) is 11.0 Å². The molecule has 1 aliphatic rings. The van der Waals surface area contributed by atoms with Gasteiger partial charge in [-0.25, -0.2) is 9.78 Å². The average molecular weight is 329 g/mol. The van der Waals surface area contributed by atoms with Crippen molar-refractivity contribution in [3.8, 4) is 0 Å². The van der Waals surface area contributed by atoms with Gasteiger partial charge in [-0.05, 0) is 45.7 Å². The fourth-order valence-electron chi connectivity index (χ4n) is 2.99. The summed E-state index contributed by atoms with van der Waals surface area (Å²) < 4.78 is 5.45. The highest BCUT2D eigenvalue weighted by Crippen LogP contribution is 2.26. The van der Waals surface area contributed by atoms with Crippen molar-refractivity contribution in [3.05, 3.63) is 40.4 Å². The molecule has 6 heteroatoms. The molecule has 1 unspecified atom stereocenters. The number of ether oxygens (including phenoxy) is 1. The van der Waals surface area contributed by atoms with Gasteiger partial charge in [0.05, 0.1) is 10.9 Å². The van der Waals surface area contributed by atoms with Gasteiger partial charge in [0.25, 0.3) is 5.56 Å². The molecule has 0 radical (unpaired) electrons. The number of nitrogens with one attached hydrogen (secondary N) is 1. The Morgan fingerprint density at radius 1 is 1.33 bits per heavy atom. The topological polar surface area (TPSA) is 75.3 Å². The van der Waals surface area contributed by atoms with Gasteiger partial charge in [0.1, 0.15) is 11.4 Å². The highest BCUT2D eigenvalue weighted by Gasteiger charge is 2.29. The third kappa shape index (κ3) is 3.58. The first-order chi connectivity index (χ1) is 11.3. The Morgan fingerprint density at radius 2 is 2.08 bits per heavy atom. The van der Waals surface area contributed by atoms with Crippen LogP contribution in [0.5, 0.6) is 0 Å². The Labute approximate surface area is 140 Å². The molecule has 3 rings (SSSR count). The standard InChI is InChI=1S/C18H23N3O3/c1-18(2,3)24-17(23)21-10-6-7-12(11-21)15-19-14-9-5-4-8-13(14)16(22)20-15/h4-5,8-9,12H,6-7,10-11H2,1-3H3,(H,19,20,22). The number of fused-ring (bicyclic) bond motifs is 1. The molecule has 0 saturated carbocycles. The maximum absolute atomic E-state index is 12.3. The van der Waals surface area contributed by atoms with E-state index in [-0.39, 0.29) is 17.6 Å². The Morgan fingerprint density at radius 3 is 2.83 bits per heavy atom. The van der Waals surface area contributed by atoms with Crippen molar-refractivity contribution in [1.29, 1.82) is 0 Å². The van der Waals surface area contributed by atoms with Gasteiger partial charge in [-0.1, -0.05) is 12.1 Å². The monoisotopic (exact) mass is 329 g/mol. The summed E-state index contributed by atoms with van der Waals surface area (Å²) in [7, 11) is 0. The van der Waals surface area contributed by atoms with Crippen molar-refractivity contribution in [1.82, 2.24) is 14.9 Å². The van der Waals surface area contributed by atoms with Gasteiger partial charge >= 0.3 is 6.09 Å². The number of para-hydroxylation sites is 1. The summed E-state index contributed by atoms with van der Waals surface area (Å²) in [5.74, 6) is 0.663. The lowest BCUT2D eigenvalue weighted by atomic mass is 9.97.